The predicted molar refractivity (Wildman–Crippen MR) is 121 cm³/mol. The molecule has 150 valence electrons. The van der Waals surface area contributed by atoms with Crippen LogP contribution in [0.25, 0.3) is 38.3 Å². The molecule has 2 aromatic carbocycles. The van der Waals surface area contributed by atoms with Crippen molar-refractivity contribution in [2.75, 3.05) is 0 Å². The van der Waals surface area contributed by atoms with Crippen LogP contribution in [0.2, 0.25) is 0 Å². The zero-order valence-corrected chi connectivity index (χ0v) is 18.2. The number of rotatable bonds is 3. The number of H-pyrrole nitrogens is 1. The Labute approximate surface area is 178 Å². The van der Waals surface area contributed by atoms with Crippen molar-refractivity contribution >= 4 is 16.3 Å². The van der Waals surface area contributed by atoms with Crippen molar-refractivity contribution in [3.63, 3.8) is 0 Å². The number of nitrogens with one attached hydrogen (secondary N) is 1. The maximum absolute atomic E-state index is 4.77. The molecule has 0 unspecified atom stereocenters. The summed E-state index contributed by atoms with van der Waals surface area (Å²) in [4.78, 5) is 0.756. The molecule has 0 fully saturated rings. The minimum Gasteiger partial charge on any atom is -0.274 e. The highest BCUT2D eigenvalue weighted by atomic mass is 32.1. The van der Waals surface area contributed by atoms with Gasteiger partial charge in [-0.05, 0) is 24.0 Å². The third kappa shape index (κ3) is 3.31. The first kappa shape index (κ1) is 18.7. The number of aromatic nitrogens is 6. The van der Waals surface area contributed by atoms with E-state index < -0.39 is 0 Å². The molecule has 0 aliphatic rings. The topological polar surface area (TPSA) is 71.8 Å². The predicted octanol–water partition coefficient (Wildman–Crippen LogP) is 5.52. The lowest BCUT2D eigenvalue weighted by Gasteiger charge is -2.18. The first-order chi connectivity index (χ1) is 14.4. The molecule has 0 saturated heterocycles. The zero-order chi connectivity index (χ0) is 20.9. The molecule has 7 heteroatoms. The summed E-state index contributed by atoms with van der Waals surface area (Å²) < 4.78 is 1.78. The molecule has 0 aliphatic heterocycles. The van der Waals surface area contributed by atoms with Gasteiger partial charge in [0.2, 0.25) is 10.8 Å². The maximum Gasteiger partial charge on any atom is 0.235 e. The number of hydrogen-bond acceptors (Lipinski definition) is 5. The molecule has 0 spiro atoms. The number of benzene rings is 2. The first-order valence-corrected chi connectivity index (χ1v) is 10.7. The molecular weight excluding hydrogens is 392 g/mol. The van der Waals surface area contributed by atoms with Crippen LogP contribution >= 0.6 is 11.3 Å². The van der Waals surface area contributed by atoms with Crippen LogP contribution in [0.5, 0.6) is 0 Å². The van der Waals surface area contributed by atoms with Crippen molar-refractivity contribution in [3.05, 3.63) is 65.7 Å². The van der Waals surface area contributed by atoms with Crippen molar-refractivity contribution < 1.29 is 0 Å². The average molecular weight is 415 g/mol. The third-order valence-corrected chi connectivity index (χ3v) is 6.10. The second-order valence-electron chi connectivity index (χ2n) is 8.49. The van der Waals surface area contributed by atoms with E-state index in [1.54, 1.807) is 4.52 Å². The van der Waals surface area contributed by atoms with Gasteiger partial charge >= 0.3 is 0 Å². The Hall–Kier alpha value is -3.32. The normalized spacial score (nSPS) is 12.0. The molecule has 30 heavy (non-hydrogen) atoms. The fraction of sp³-hybridized carbons (Fsp3) is 0.217. The third-order valence-electron chi connectivity index (χ3n) is 5.15. The van der Waals surface area contributed by atoms with Gasteiger partial charge in [0.25, 0.3) is 0 Å². The highest BCUT2D eigenvalue weighted by Gasteiger charge is 2.18. The molecule has 3 heterocycles. The molecule has 3 aromatic heterocycles. The Morgan fingerprint density at radius 2 is 1.60 bits per heavy atom. The molecule has 1 N–H and O–H groups in total. The Bertz CT molecular complexity index is 1320. The fourth-order valence-electron chi connectivity index (χ4n) is 3.32. The number of aryl methyl sites for hydroxylation is 1. The van der Waals surface area contributed by atoms with Crippen molar-refractivity contribution in [1.29, 1.82) is 0 Å². The molecular formula is C23H22N6S. The molecule has 0 radical (unpaired) electrons. The summed E-state index contributed by atoms with van der Waals surface area (Å²) >= 11 is 1.53. The number of hydrogen-bond donors (Lipinski definition) is 1. The van der Waals surface area contributed by atoms with E-state index in [9.17, 15) is 0 Å². The molecule has 0 aliphatic carbocycles. The summed E-state index contributed by atoms with van der Waals surface area (Å²) in [6.45, 7) is 8.72. The van der Waals surface area contributed by atoms with Crippen LogP contribution in [0.4, 0.5) is 0 Å². The van der Waals surface area contributed by atoms with Crippen LogP contribution in [0, 0.1) is 6.92 Å². The van der Waals surface area contributed by atoms with Gasteiger partial charge in [-0.1, -0.05) is 86.2 Å². The summed E-state index contributed by atoms with van der Waals surface area (Å²) in [5.41, 5.74) is 6.45. The Kier molecular flexibility index (Phi) is 4.29. The highest BCUT2D eigenvalue weighted by Crippen LogP contribution is 2.30. The first-order valence-electron chi connectivity index (χ1n) is 9.84. The molecule has 0 atom stereocenters. The number of aromatic amines is 1. The standard InChI is InChI=1S/C23H22N6S/c1-14-5-7-15(8-6-14)18-13-19(25-24-18)20-26-27-22-29(20)28-21(30-22)16-9-11-17(12-10-16)23(2,3)4/h5-13H,1-4H3,(H,24,25). The zero-order valence-electron chi connectivity index (χ0n) is 17.3. The van der Waals surface area contributed by atoms with Gasteiger partial charge in [-0.15, -0.1) is 10.2 Å². The minimum absolute atomic E-state index is 0.128. The van der Waals surface area contributed by atoms with Gasteiger partial charge in [0.05, 0.1) is 5.69 Å². The van der Waals surface area contributed by atoms with E-state index in [-0.39, 0.29) is 5.41 Å². The van der Waals surface area contributed by atoms with E-state index >= 15 is 0 Å². The largest absolute Gasteiger partial charge is 0.274 e. The monoisotopic (exact) mass is 414 g/mol. The minimum atomic E-state index is 0.128. The van der Waals surface area contributed by atoms with Gasteiger partial charge in [-0.3, -0.25) is 5.10 Å². The van der Waals surface area contributed by atoms with Crippen molar-refractivity contribution in [2.24, 2.45) is 0 Å². The van der Waals surface area contributed by atoms with Crippen molar-refractivity contribution in [3.8, 4) is 33.3 Å². The average Bonchev–Trinajstić information content (AvgIpc) is 3.43. The summed E-state index contributed by atoms with van der Waals surface area (Å²) in [6, 6.07) is 18.9. The summed E-state index contributed by atoms with van der Waals surface area (Å²) in [7, 11) is 0. The molecule has 0 bridgehead atoms. The van der Waals surface area contributed by atoms with Crippen LogP contribution in [-0.4, -0.2) is 30.0 Å². The fourth-order valence-corrected chi connectivity index (χ4v) is 4.17. The van der Waals surface area contributed by atoms with Gasteiger partial charge < -0.3 is 0 Å². The van der Waals surface area contributed by atoms with E-state index in [0.717, 1.165) is 32.5 Å². The van der Waals surface area contributed by atoms with Crippen LogP contribution in [0.1, 0.15) is 31.9 Å². The molecule has 0 amide bonds. The van der Waals surface area contributed by atoms with E-state index in [0.29, 0.717) is 5.82 Å². The lowest BCUT2D eigenvalue weighted by molar-refractivity contribution is 0.590. The van der Waals surface area contributed by atoms with Crippen molar-refractivity contribution in [1.82, 2.24) is 30.0 Å². The van der Waals surface area contributed by atoms with Gasteiger partial charge in [0.1, 0.15) is 10.7 Å². The lowest BCUT2D eigenvalue weighted by atomic mass is 9.87. The Morgan fingerprint density at radius 3 is 2.30 bits per heavy atom. The lowest BCUT2D eigenvalue weighted by Crippen LogP contribution is -2.10. The van der Waals surface area contributed by atoms with E-state index in [1.165, 1.54) is 22.5 Å². The van der Waals surface area contributed by atoms with Gasteiger partial charge in [0.15, 0.2) is 0 Å². The van der Waals surface area contributed by atoms with E-state index in [2.05, 4.69) is 96.6 Å². The van der Waals surface area contributed by atoms with Crippen LogP contribution in [0.15, 0.2) is 54.6 Å². The molecule has 5 aromatic rings. The van der Waals surface area contributed by atoms with E-state index in [4.69, 9.17) is 5.10 Å². The molecule has 5 rings (SSSR count). The Balaban J connectivity index is 1.49. The van der Waals surface area contributed by atoms with Crippen LogP contribution in [-0.2, 0) is 5.41 Å². The van der Waals surface area contributed by atoms with Crippen LogP contribution in [0.3, 0.4) is 0 Å². The number of nitrogens with zero attached hydrogens (tertiary/aromatic N) is 5. The second-order valence-corrected chi connectivity index (χ2v) is 9.44. The quantitative estimate of drug-likeness (QED) is 0.422. The summed E-state index contributed by atoms with van der Waals surface area (Å²) in [5.74, 6) is 0.657. The summed E-state index contributed by atoms with van der Waals surface area (Å²) in [5, 5.41) is 21.8. The van der Waals surface area contributed by atoms with Gasteiger partial charge in [0, 0.05) is 11.1 Å². The van der Waals surface area contributed by atoms with E-state index in [1.807, 2.05) is 6.07 Å². The summed E-state index contributed by atoms with van der Waals surface area (Å²) in [6.07, 6.45) is 0. The molecule has 0 saturated carbocycles. The van der Waals surface area contributed by atoms with Crippen molar-refractivity contribution in [2.45, 2.75) is 33.1 Å². The second kappa shape index (κ2) is 6.88. The van der Waals surface area contributed by atoms with Gasteiger partial charge in [-0.25, -0.2) is 0 Å². The Morgan fingerprint density at radius 1 is 0.900 bits per heavy atom. The van der Waals surface area contributed by atoms with Gasteiger partial charge in [-0.2, -0.15) is 14.7 Å². The van der Waals surface area contributed by atoms with Crippen LogP contribution < -0.4 is 0 Å². The maximum atomic E-state index is 4.77. The molecule has 6 nitrogen and oxygen atoms in total. The number of fused-ring (bicyclic) bond motifs is 1. The smallest absolute Gasteiger partial charge is 0.235 e. The highest BCUT2D eigenvalue weighted by molar-refractivity contribution is 7.19. The SMILES string of the molecule is Cc1ccc(-c2cc(-c3nnc4sc(-c5ccc(C(C)(C)C)cc5)nn34)[nH]n2)cc1.